The minimum atomic E-state index is -0.281. The average Bonchev–Trinajstić information content (AvgIpc) is 2.79. The summed E-state index contributed by atoms with van der Waals surface area (Å²) in [6.45, 7) is 3.30. The predicted octanol–water partition coefficient (Wildman–Crippen LogP) is 1.41. The number of hydrogen-bond acceptors (Lipinski definition) is 4. The minimum absolute atomic E-state index is 0.281. The van der Waals surface area contributed by atoms with Crippen LogP contribution in [-0.2, 0) is 11.3 Å². The van der Waals surface area contributed by atoms with Gasteiger partial charge in [-0.05, 0) is 19.5 Å². The van der Waals surface area contributed by atoms with Crippen molar-refractivity contribution in [2.45, 2.75) is 13.0 Å². The maximum atomic E-state index is 13.2. The summed E-state index contributed by atoms with van der Waals surface area (Å²) in [6, 6.07) is 1.56. The second-order valence-electron chi connectivity index (χ2n) is 4.72. The normalized spacial score (nSPS) is 19.5. The number of aromatic nitrogens is 1. The van der Waals surface area contributed by atoms with Gasteiger partial charge < -0.3 is 15.0 Å². The van der Waals surface area contributed by atoms with Crippen LogP contribution in [0, 0.1) is 11.7 Å². The standard InChI is InChI=1S/C13H20FN3O/c1-15-6-11-5-12(14)7-16-13(11)17-4-3-10(8-17)9-18-2/h5,7,10,15H,3-4,6,8-9H2,1-2H3. The van der Waals surface area contributed by atoms with Gasteiger partial charge in [0.05, 0.1) is 12.8 Å². The van der Waals surface area contributed by atoms with E-state index in [0.717, 1.165) is 37.5 Å². The van der Waals surface area contributed by atoms with Gasteiger partial charge in [-0.2, -0.15) is 0 Å². The average molecular weight is 253 g/mol. The highest BCUT2D eigenvalue weighted by Gasteiger charge is 2.25. The van der Waals surface area contributed by atoms with Crippen molar-refractivity contribution in [1.82, 2.24) is 10.3 Å². The quantitative estimate of drug-likeness (QED) is 0.861. The number of halogens is 1. The lowest BCUT2D eigenvalue weighted by Gasteiger charge is -2.20. The zero-order chi connectivity index (χ0) is 13.0. The number of pyridine rings is 1. The Balaban J connectivity index is 2.13. The van der Waals surface area contributed by atoms with Gasteiger partial charge in [-0.15, -0.1) is 0 Å². The van der Waals surface area contributed by atoms with Crippen LogP contribution < -0.4 is 10.2 Å². The van der Waals surface area contributed by atoms with Gasteiger partial charge in [-0.1, -0.05) is 0 Å². The first-order valence-corrected chi connectivity index (χ1v) is 6.27. The summed E-state index contributed by atoms with van der Waals surface area (Å²) < 4.78 is 18.4. The zero-order valence-electron chi connectivity index (χ0n) is 10.9. The molecule has 1 fully saturated rings. The summed E-state index contributed by atoms with van der Waals surface area (Å²) >= 11 is 0. The number of rotatable bonds is 5. The molecule has 0 aromatic carbocycles. The lowest BCUT2D eigenvalue weighted by Crippen LogP contribution is -2.24. The molecule has 0 radical (unpaired) electrons. The Labute approximate surface area is 107 Å². The molecule has 2 heterocycles. The first-order valence-electron chi connectivity index (χ1n) is 6.27. The Morgan fingerprint density at radius 2 is 2.44 bits per heavy atom. The van der Waals surface area contributed by atoms with Crippen LogP contribution in [0.3, 0.4) is 0 Å². The lowest BCUT2D eigenvalue weighted by molar-refractivity contribution is 0.161. The molecule has 1 aliphatic rings. The third kappa shape index (κ3) is 2.97. The van der Waals surface area contributed by atoms with E-state index in [2.05, 4.69) is 15.2 Å². The molecule has 0 spiro atoms. The topological polar surface area (TPSA) is 37.4 Å². The van der Waals surface area contributed by atoms with E-state index >= 15 is 0 Å². The second kappa shape index (κ2) is 6.11. The number of hydrogen-bond donors (Lipinski definition) is 1. The monoisotopic (exact) mass is 253 g/mol. The first kappa shape index (κ1) is 13.2. The SMILES string of the molecule is CNCc1cc(F)cnc1N1CCC(COC)C1. The van der Waals surface area contributed by atoms with E-state index < -0.39 is 0 Å². The Hall–Kier alpha value is -1.20. The molecule has 2 rings (SSSR count). The molecule has 0 saturated carbocycles. The summed E-state index contributed by atoms with van der Waals surface area (Å²) in [4.78, 5) is 6.46. The molecular formula is C13H20FN3O. The van der Waals surface area contributed by atoms with Crippen molar-refractivity contribution in [3.8, 4) is 0 Å². The largest absolute Gasteiger partial charge is 0.384 e. The molecule has 4 nitrogen and oxygen atoms in total. The van der Waals surface area contributed by atoms with Crippen molar-refractivity contribution in [2.75, 3.05) is 38.8 Å². The highest BCUT2D eigenvalue weighted by Crippen LogP contribution is 2.25. The van der Waals surface area contributed by atoms with Gasteiger partial charge in [0.25, 0.3) is 0 Å². The maximum Gasteiger partial charge on any atom is 0.141 e. The molecule has 1 aromatic heterocycles. The smallest absolute Gasteiger partial charge is 0.141 e. The molecule has 1 unspecified atom stereocenters. The number of ether oxygens (including phenoxy) is 1. The van der Waals surface area contributed by atoms with Crippen LogP contribution in [-0.4, -0.2) is 38.8 Å². The van der Waals surface area contributed by atoms with Crippen LogP contribution in [0.4, 0.5) is 10.2 Å². The van der Waals surface area contributed by atoms with E-state index in [9.17, 15) is 4.39 Å². The van der Waals surface area contributed by atoms with E-state index in [1.807, 2.05) is 7.05 Å². The van der Waals surface area contributed by atoms with Crippen LogP contribution in [0.5, 0.6) is 0 Å². The van der Waals surface area contributed by atoms with Crippen molar-refractivity contribution in [2.24, 2.45) is 5.92 Å². The molecular weight excluding hydrogens is 233 g/mol. The fraction of sp³-hybridized carbons (Fsp3) is 0.615. The number of nitrogens with zero attached hydrogens (tertiary/aromatic N) is 2. The summed E-state index contributed by atoms with van der Waals surface area (Å²) in [5.74, 6) is 1.16. The van der Waals surface area contributed by atoms with E-state index in [1.54, 1.807) is 13.2 Å². The first-order chi connectivity index (χ1) is 8.74. The molecule has 1 aliphatic heterocycles. The van der Waals surface area contributed by atoms with Gasteiger partial charge in [0, 0.05) is 38.2 Å². The molecule has 0 bridgehead atoms. The summed E-state index contributed by atoms with van der Waals surface area (Å²) in [5.41, 5.74) is 0.913. The number of anilines is 1. The van der Waals surface area contributed by atoms with E-state index in [4.69, 9.17) is 4.74 Å². The fourth-order valence-corrected chi connectivity index (χ4v) is 2.48. The fourth-order valence-electron chi connectivity index (χ4n) is 2.48. The van der Waals surface area contributed by atoms with E-state index in [-0.39, 0.29) is 5.82 Å². The van der Waals surface area contributed by atoms with Gasteiger partial charge in [-0.25, -0.2) is 9.37 Å². The third-order valence-corrected chi connectivity index (χ3v) is 3.26. The van der Waals surface area contributed by atoms with Gasteiger partial charge in [-0.3, -0.25) is 0 Å². The predicted molar refractivity (Wildman–Crippen MR) is 69.2 cm³/mol. The van der Waals surface area contributed by atoms with Crippen molar-refractivity contribution in [3.63, 3.8) is 0 Å². The Morgan fingerprint density at radius 1 is 1.61 bits per heavy atom. The highest BCUT2D eigenvalue weighted by atomic mass is 19.1. The molecule has 0 amide bonds. The van der Waals surface area contributed by atoms with Gasteiger partial charge in [0.1, 0.15) is 11.6 Å². The maximum absolute atomic E-state index is 13.2. The zero-order valence-corrected chi connectivity index (χ0v) is 10.9. The third-order valence-electron chi connectivity index (χ3n) is 3.26. The minimum Gasteiger partial charge on any atom is -0.384 e. The molecule has 1 aromatic rings. The number of methoxy groups -OCH3 is 1. The number of nitrogens with one attached hydrogen (secondary N) is 1. The second-order valence-corrected chi connectivity index (χ2v) is 4.72. The van der Waals surface area contributed by atoms with Gasteiger partial charge >= 0.3 is 0 Å². The van der Waals surface area contributed by atoms with Gasteiger partial charge in [0.15, 0.2) is 0 Å². The Bertz CT molecular complexity index is 400. The van der Waals surface area contributed by atoms with Crippen molar-refractivity contribution in [1.29, 1.82) is 0 Å². The molecule has 0 aliphatic carbocycles. The highest BCUT2D eigenvalue weighted by molar-refractivity contribution is 5.47. The molecule has 5 heteroatoms. The molecule has 1 saturated heterocycles. The Morgan fingerprint density at radius 3 is 3.17 bits per heavy atom. The molecule has 18 heavy (non-hydrogen) atoms. The summed E-state index contributed by atoms with van der Waals surface area (Å²) in [5, 5.41) is 3.05. The van der Waals surface area contributed by atoms with Crippen LogP contribution in [0.1, 0.15) is 12.0 Å². The van der Waals surface area contributed by atoms with Gasteiger partial charge in [0.2, 0.25) is 0 Å². The van der Waals surface area contributed by atoms with E-state index in [0.29, 0.717) is 12.5 Å². The van der Waals surface area contributed by atoms with Crippen molar-refractivity contribution in [3.05, 3.63) is 23.6 Å². The molecule has 100 valence electrons. The van der Waals surface area contributed by atoms with Crippen LogP contribution in [0.2, 0.25) is 0 Å². The molecule has 1 atom stereocenters. The lowest BCUT2D eigenvalue weighted by atomic mass is 10.1. The summed E-state index contributed by atoms with van der Waals surface area (Å²) in [7, 11) is 3.58. The van der Waals surface area contributed by atoms with E-state index in [1.165, 1.54) is 6.20 Å². The summed E-state index contributed by atoms with van der Waals surface area (Å²) in [6.07, 6.45) is 2.39. The van der Waals surface area contributed by atoms with Crippen LogP contribution in [0.15, 0.2) is 12.3 Å². The van der Waals surface area contributed by atoms with Crippen molar-refractivity contribution >= 4 is 5.82 Å². The van der Waals surface area contributed by atoms with Crippen LogP contribution >= 0.6 is 0 Å². The Kier molecular flexibility index (Phi) is 4.49. The molecule has 1 N–H and O–H groups in total. The van der Waals surface area contributed by atoms with Crippen LogP contribution in [0.25, 0.3) is 0 Å². The van der Waals surface area contributed by atoms with Crippen molar-refractivity contribution < 1.29 is 9.13 Å².